The van der Waals surface area contributed by atoms with Crippen molar-refractivity contribution in [2.45, 2.75) is 59.6 Å². The quantitative estimate of drug-likeness (QED) is 0.218. The van der Waals surface area contributed by atoms with Crippen LogP contribution in [-0.2, 0) is 16.9 Å². The molecule has 1 aliphatic heterocycles. The normalized spacial score (nSPS) is 16.5. The van der Waals surface area contributed by atoms with Crippen LogP contribution in [0.1, 0.15) is 73.3 Å². The van der Waals surface area contributed by atoms with Gasteiger partial charge in [0.2, 0.25) is 0 Å². The molecule has 0 saturated heterocycles. The number of anilines is 1. The fourth-order valence-electron chi connectivity index (χ4n) is 5.96. The van der Waals surface area contributed by atoms with Crippen molar-refractivity contribution in [1.29, 1.82) is 0 Å². The number of carbonyl (C=O) groups is 1. The Morgan fingerprint density at radius 1 is 1.03 bits per heavy atom. The zero-order chi connectivity index (χ0) is 26.9. The van der Waals surface area contributed by atoms with Gasteiger partial charge >= 0.3 is 5.97 Å². The van der Waals surface area contributed by atoms with E-state index in [1.54, 1.807) is 18.5 Å². The Labute approximate surface area is 225 Å². The van der Waals surface area contributed by atoms with E-state index in [4.69, 9.17) is 9.47 Å². The van der Waals surface area contributed by atoms with Gasteiger partial charge in [-0.05, 0) is 58.4 Å². The van der Waals surface area contributed by atoms with Crippen molar-refractivity contribution >= 4 is 22.6 Å². The summed E-state index contributed by atoms with van der Waals surface area (Å²) in [5, 5.41) is 1.07. The molecule has 1 atom stereocenters. The van der Waals surface area contributed by atoms with Crippen LogP contribution in [0.25, 0.3) is 10.9 Å². The molecule has 0 radical (unpaired) electrons. The highest BCUT2D eigenvalue weighted by atomic mass is 16.6. The fourth-order valence-corrected chi connectivity index (χ4v) is 5.96. The van der Waals surface area contributed by atoms with E-state index in [1.165, 1.54) is 0 Å². The third-order valence-corrected chi connectivity index (χ3v) is 7.76. The van der Waals surface area contributed by atoms with Gasteiger partial charge in [0.1, 0.15) is 5.75 Å². The zero-order valence-electron chi connectivity index (χ0n) is 23.1. The van der Waals surface area contributed by atoms with E-state index in [0.29, 0.717) is 17.9 Å². The largest absolute Gasteiger partial charge is 0.493 e. The molecular formula is C32H37N3O3. The van der Waals surface area contributed by atoms with Gasteiger partial charge in [0.25, 0.3) is 0 Å². The van der Waals surface area contributed by atoms with Crippen LogP contribution in [0.4, 0.5) is 5.69 Å². The van der Waals surface area contributed by atoms with E-state index in [2.05, 4.69) is 84.6 Å². The summed E-state index contributed by atoms with van der Waals surface area (Å²) in [5.74, 6) is 0.369. The molecule has 38 heavy (non-hydrogen) atoms. The smallest absolute Gasteiger partial charge is 0.340 e. The second-order valence-electron chi connectivity index (χ2n) is 9.76. The second kappa shape index (κ2) is 10.5. The minimum atomic E-state index is -1.19. The highest BCUT2D eigenvalue weighted by Crippen LogP contribution is 2.53. The summed E-state index contributed by atoms with van der Waals surface area (Å²) in [4.78, 5) is 20.2. The average molecular weight is 512 g/mol. The number of ether oxygens (including phenoxy) is 2. The molecule has 0 N–H and O–H groups in total. The molecule has 0 amide bonds. The number of cyclic esters (lactones) is 1. The number of hydrogen-bond donors (Lipinski definition) is 0. The third-order valence-electron chi connectivity index (χ3n) is 7.76. The lowest BCUT2D eigenvalue weighted by molar-refractivity contribution is 0.0245. The van der Waals surface area contributed by atoms with E-state index in [-0.39, 0.29) is 5.97 Å². The van der Waals surface area contributed by atoms with Crippen LogP contribution in [0, 0.1) is 6.92 Å². The SMILES string of the molecule is CCCCn1c(C)c(C2(c3ccc(N(CC)CC)cc3OCC)OC(=O)c3ccncc32)c2ccccc21. The first-order valence-corrected chi connectivity index (χ1v) is 13.8. The van der Waals surface area contributed by atoms with Crippen LogP contribution in [0.2, 0.25) is 0 Å². The summed E-state index contributed by atoms with van der Waals surface area (Å²) in [5.41, 5.74) is 5.20. The maximum absolute atomic E-state index is 13.5. The maximum atomic E-state index is 13.5. The Bertz CT molecular complexity index is 1470. The Balaban J connectivity index is 1.88. The lowest BCUT2D eigenvalue weighted by Gasteiger charge is -2.33. The van der Waals surface area contributed by atoms with E-state index in [1.807, 2.05) is 6.92 Å². The molecule has 0 bridgehead atoms. The highest BCUT2D eigenvalue weighted by molar-refractivity contribution is 5.98. The topological polar surface area (TPSA) is 56.6 Å². The molecule has 4 aromatic rings. The van der Waals surface area contributed by atoms with Crippen molar-refractivity contribution in [3.63, 3.8) is 0 Å². The maximum Gasteiger partial charge on any atom is 0.340 e. The Kier molecular flexibility index (Phi) is 7.15. The molecule has 1 unspecified atom stereocenters. The van der Waals surface area contributed by atoms with Gasteiger partial charge in [-0.3, -0.25) is 4.98 Å². The van der Waals surface area contributed by atoms with Crippen LogP contribution in [0.3, 0.4) is 0 Å². The Hall–Kier alpha value is -3.80. The van der Waals surface area contributed by atoms with Crippen molar-refractivity contribution in [3.05, 3.63) is 88.9 Å². The van der Waals surface area contributed by atoms with Crippen molar-refractivity contribution in [1.82, 2.24) is 9.55 Å². The number of unbranched alkanes of at least 4 members (excludes halogenated alkanes) is 1. The van der Waals surface area contributed by atoms with Crippen LogP contribution in [-0.4, -0.2) is 35.2 Å². The first-order chi connectivity index (χ1) is 18.5. The number of benzene rings is 2. The molecule has 5 rings (SSSR count). The minimum absolute atomic E-state index is 0.345. The van der Waals surface area contributed by atoms with Gasteiger partial charge in [-0.2, -0.15) is 0 Å². The number of esters is 1. The van der Waals surface area contributed by atoms with E-state index < -0.39 is 5.60 Å². The summed E-state index contributed by atoms with van der Waals surface area (Å²) >= 11 is 0. The minimum Gasteiger partial charge on any atom is -0.493 e. The van der Waals surface area contributed by atoms with Crippen LogP contribution >= 0.6 is 0 Å². The second-order valence-corrected chi connectivity index (χ2v) is 9.76. The zero-order valence-corrected chi connectivity index (χ0v) is 23.1. The molecule has 0 saturated carbocycles. The molecule has 0 fully saturated rings. The summed E-state index contributed by atoms with van der Waals surface area (Å²) in [6.07, 6.45) is 5.59. The number of carbonyl (C=O) groups excluding carboxylic acids is 1. The summed E-state index contributed by atoms with van der Waals surface area (Å²) < 4.78 is 15.2. The summed E-state index contributed by atoms with van der Waals surface area (Å²) in [7, 11) is 0. The molecule has 0 spiro atoms. The monoisotopic (exact) mass is 511 g/mol. The van der Waals surface area contributed by atoms with Crippen LogP contribution < -0.4 is 9.64 Å². The molecule has 2 aromatic carbocycles. The number of pyridine rings is 1. The summed E-state index contributed by atoms with van der Waals surface area (Å²) in [6, 6.07) is 16.4. The van der Waals surface area contributed by atoms with Gasteiger partial charge in [-0.1, -0.05) is 31.5 Å². The predicted octanol–water partition coefficient (Wildman–Crippen LogP) is 6.85. The molecule has 0 aliphatic carbocycles. The van der Waals surface area contributed by atoms with Gasteiger partial charge in [0, 0.05) is 77.1 Å². The van der Waals surface area contributed by atoms with Gasteiger partial charge < -0.3 is 18.9 Å². The van der Waals surface area contributed by atoms with Crippen molar-refractivity contribution in [2.24, 2.45) is 0 Å². The molecule has 3 heterocycles. The average Bonchev–Trinajstić information content (AvgIpc) is 3.39. The van der Waals surface area contributed by atoms with Gasteiger partial charge in [0.05, 0.1) is 12.2 Å². The molecule has 198 valence electrons. The van der Waals surface area contributed by atoms with Gasteiger partial charge in [-0.15, -0.1) is 0 Å². The lowest BCUT2D eigenvalue weighted by Crippen LogP contribution is -2.31. The number of hydrogen-bond acceptors (Lipinski definition) is 5. The number of aromatic nitrogens is 2. The molecule has 2 aromatic heterocycles. The number of para-hydroxylation sites is 1. The van der Waals surface area contributed by atoms with Crippen LogP contribution in [0.15, 0.2) is 60.9 Å². The van der Waals surface area contributed by atoms with Crippen LogP contribution in [0.5, 0.6) is 5.75 Å². The van der Waals surface area contributed by atoms with Crippen molar-refractivity contribution in [3.8, 4) is 5.75 Å². The van der Waals surface area contributed by atoms with Crippen molar-refractivity contribution < 1.29 is 14.3 Å². The highest BCUT2D eigenvalue weighted by Gasteiger charge is 2.52. The van der Waals surface area contributed by atoms with Gasteiger partial charge in [-0.25, -0.2) is 4.79 Å². The number of nitrogens with zero attached hydrogens (tertiary/aromatic N) is 3. The first kappa shape index (κ1) is 25.8. The summed E-state index contributed by atoms with van der Waals surface area (Å²) in [6.45, 7) is 13.8. The third kappa shape index (κ3) is 3.94. The standard InChI is InChI=1S/C32H37N3O3/c1-6-10-19-35-22(5)30(25-13-11-12-14-28(25)35)32(27-21-33-18-17-24(27)31(36)38-32)26-16-15-23(34(7-2)8-3)20-29(26)37-9-4/h11-18,20-21H,6-10,19H2,1-5H3. The lowest BCUT2D eigenvalue weighted by atomic mass is 9.78. The molecular weight excluding hydrogens is 474 g/mol. The van der Waals surface area contributed by atoms with Crippen molar-refractivity contribution in [2.75, 3.05) is 24.6 Å². The van der Waals surface area contributed by atoms with Gasteiger partial charge in [0.15, 0.2) is 5.60 Å². The predicted molar refractivity (Wildman–Crippen MR) is 152 cm³/mol. The number of rotatable bonds is 10. The number of fused-ring (bicyclic) bond motifs is 2. The number of aryl methyl sites for hydroxylation is 1. The first-order valence-electron chi connectivity index (χ1n) is 13.8. The van der Waals surface area contributed by atoms with E-state index in [0.717, 1.165) is 71.5 Å². The molecule has 6 nitrogen and oxygen atoms in total. The van der Waals surface area contributed by atoms with E-state index in [9.17, 15) is 4.79 Å². The molecule has 1 aliphatic rings. The molecule has 6 heteroatoms. The van der Waals surface area contributed by atoms with E-state index >= 15 is 0 Å². The Morgan fingerprint density at radius 3 is 2.55 bits per heavy atom. The Morgan fingerprint density at radius 2 is 1.82 bits per heavy atom. The fraction of sp³-hybridized carbons (Fsp3) is 0.375.